The van der Waals surface area contributed by atoms with Gasteiger partial charge in [-0.3, -0.25) is 0 Å². The van der Waals surface area contributed by atoms with E-state index in [1.807, 2.05) is 0 Å². The van der Waals surface area contributed by atoms with E-state index in [1.54, 1.807) is 0 Å². The molecule has 0 aromatic carbocycles. The van der Waals surface area contributed by atoms with E-state index >= 15 is 0 Å². The van der Waals surface area contributed by atoms with Crippen LogP contribution in [0.2, 0.25) is 0 Å². The van der Waals surface area contributed by atoms with Crippen LogP contribution in [0.1, 0.15) is 19.3 Å². The van der Waals surface area contributed by atoms with Crippen LogP contribution in [0, 0.1) is 11.8 Å². The molecule has 9 heavy (non-hydrogen) atoms. The molecular formula is C7H12O2. The zero-order chi connectivity index (χ0) is 6.43. The van der Waals surface area contributed by atoms with Gasteiger partial charge in [-0.2, -0.15) is 0 Å². The predicted molar refractivity (Wildman–Crippen MR) is 32.8 cm³/mol. The monoisotopic (exact) mass is 128 g/mol. The summed E-state index contributed by atoms with van der Waals surface area (Å²) in [5, 5.41) is 18.5. The van der Waals surface area contributed by atoms with Gasteiger partial charge in [-0.15, -0.1) is 0 Å². The van der Waals surface area contributed by atoms with E-state index in [4.69, 9.17) is 0 Å². The lowest BCUT2D eigenvalue weighted by molar-refractivity contribution is -0.0160. The van der Waals surface area contributed by atoms with Crippen molar-refractivity contribution in [2.24, 2.45) is 11.8 Å². The lowest BCUT2D eigenvalue weighted by Gasteiger charge is -2.21. The Morgan fingerprint density at radius 2 is 1.33 bits per heavy atom. The minimum Gasteiger partial charge on any atom is -0.390 e. The Labute approximate surface area is 54.5 Å². The molecule has 0 aliphatic heterocycles. The molecule has 2 bridgehead atoms. The van der Waals surface area contributed by atoms with Crippen LogP contribution in [0.4, 0.5) is 0 Å². The minimum absolute atomic E-state index is 0.399. The molecule has 0 radical (unpaired) electrons. The van der Waals surface area contributed by atoms with E-state index in [0.29, 0.717) is 11.8 Å². The molecule has 2 rings (SSSR count). The van der Waals surface area contributed by atoms with E-state index in [9.17, 15) is 10.2 Å². The van der Waals surface area contributed by atoms with Gasteiger partial charge in [0.05, 0.1) is 12.2 Å². The second-order valence-electron chi connectivity index (χ2n) is 3.31. The topological polar surface area (TPSA) is 40.5 Å². The van der Waals surface area contributed by atoms with Crippen LogP contribution in [0.5, 0.6) is 0 Å². The highest BCUT2D eigenvalue weighted by Gasteiger charge is 2.45. The van der Waals surface area contributed by atoms with E-state index < -0.39 is 12.2 Å². The summed E-state index contributed by atoms with van der Waals surface area (Å²) in [4.78, 5) is 0. The molecule has 2 saturated carbocycles. The van der Waals surface area contributed by atoms with Gasteiger partial charge in [0.2, 0.25) is 0 Å². The quantitative estimate of drug-likeness (QED) is 0.487. The molecule has 0 amide bonds. The third-order valence-electron chi connectivity index (χ3n) is 2.83. The number of rotatable bonds is 0. The van der Waals surface area contributed by atoms with Crippen molar-refractivity contribution in [1.82, 2.24) is 0 Å². The molecule has 52 valence electrons. The molecule has 0 saturated heterocycles. The Balaban J connectivity index is 2.15. The number of fused-ring (bicyclic) bond motifs is 2. The van der Waals surface area contributed by atoms with Crippen molar-refractivity contribution in [2.45, 2.75) is 31.5 Å². The third-order valence-corrected chi connectivity index (χ3v) is 2.83. The fourth-order valence-electron chi connectivity index (χ4n) is 2.23. The Bertz CT molecular complexity index is 106. The van der Waals surface area contributed by atoms with Gasteiger partial charge in [0.1, 0.15) is 0 Å². The molecule has 2 N–H and O–H groups in total. The fraction of sp³-hybridized carbons (Fsp3) is 1.00. The summed E-state index contributed by atoms with van der Waals surface area (Å²) in [6, 6.07) is 0. The van der Waals surface area contributed by atoms with Crippen molar-refractivity contribution in [3.8, 4) is 0 Å². The Kier molecular flexibility index (Phi) is 1.08. The summed E-state index contributed by atoms with van der Waals surface area (Å²) >= 11 is 0. The van der Waals surface area contributed by atoms with Crippen LogP contribution in [0.25, 0.3) is 0 Å². The van der Waals surface area contributed by atoms with Gasteiger partial charge in [0.15, 0.2) is 0 Å². The molecule has 2 aliphatic rings. The average Bonchev–Trinajstić information content (AvgIpc) is 2.37. The molecule has 2 aliphatic carbocycles. The van der Waals surface area contributed by atoms with Crippen molar-refractivity contribution in [3.05, 3.63) is 0 Å². The van der Waals surface area contributed by atoms with E-state index in [0.717, 1.165) is 19.3 Å². The highest BCUT2D eigenvalue weighted by atomic mass is 16.3. The normalized spacial score (nSPS) is 56.7. The van der Waals surface area contributed by atoms with Crippen LogP contribution in [0.3, 0.4) is 0 Å². The molecule has 0 aromatic heterocycles. The lowest BCUT2D eigenvalue weighted by Crippen LogP contribution is -2.31. The summed E-state index contributed by atoms with van der Waals surface area (Å²) in [6.45, 7) is 0. The molecule has 0 spiro atoms. The summed E-state index contributed by atoms with van der Waals surface area (Å²) in [5.41, 5.74) is 0. The second-order valence-corrected chi connectivity index (χ2v) is 3.31. The van der Waals surface area contributed by atoms with Crippen LogP contribution in [0.15, 0.2) is 0 Å². The first-order valence-electron chi connectivity index (χ1n) is 3.65. The van der Waals surface area contributed by atoms with Gasteiger partial charge >= 0.3 is 0 Å². The van der Waals surface area contributed by atoms with Gasteiger partial charge in [-0.25, -0.2) is 0 Å². The van der Waals surface area contributed by atoms with Crippen molar-refractivity contribution in [1.29, 1.82) is 0 Å². The lowest BCUT2D eigenvalue weighted by atomic mass is 9.95. The van der Waals surface area contributed by atoms with Crippen molar-refractivity contribution in [3.63, 3.8) is 0 Å². The molecule has 2 nitrogen and oxygen atoms in total. The minimum atomic E-state index is -0.399. The maximum Gasteiger partial charge on any atom is 0.0830 e. The van der Waals surface area contributed by atoms with Crippen LogP contribution in [-0.4, -0.2) is 22.4 Å². The van der Waals surface area contributed by atoms with Gasteiger partial charge in [-0.05, 0) is 31.1 Å². The maximum absolute atomic E-state index is 9.24. The van der Waals surface area contributed by atoms with Crippen molar-refractivity contribution < 1.29 is 10.2 Å². The molecule has 2 fully saturated rings. The molecule has 0 aromatic rings. The van der Waals surface area contributed by atoms with Gasteiger partial charge in [0.25, 0.3) is 0 Å². The first-order chi connectivity index (χ1) is 4.29. The number of aliphatic hydroxyl groups excluding tert-OH is 2. The van der Waals surface area contributed by atoms with Gasteiger partial charge in [-0.1, -0.05) is 0 Å². The van der Waals surface area contributed by atoms with Crippen LogP contribution >= 0.6 is 0 Å². The Morgan fingerprint density at radius 1 is 0.889 bits per heavy atom. The predicted octanol–water partition coefficient (Wildman–Crippen LogP) is 0.138. The van der Waals surface area contributed by atoms with Crippen LogP contribution < -0.4 is 0 Å². The first-order valence-corrected chi connectivity index (χ1v) is 3.65. The zero-order valence-corrected chi connectivity index (χ0v) is 5.33. The molecular weight excluding hydrogens is 116 g/mol. The summed E-state index contributed by atoms with van der Waals surface area (Å²) in [7, 11) is 0. The zero-order valence-electron chi connectivity index (χ0n) is 5.33. The van der Waals surface area contributed by atoms with Gasteiger partial charge < -0.3 is 10.2 Å². The SMILES string of the molecule is O[C@@H]1[C@@H]2CC[C@H](C2)[C@H]1O. The molecule has 0 heterocycles. The highest BCUT2D eigenvalue weighted by Crippen LogP contribution is 2.44. The number of aliphatic hydroxyl groups is 2. The van der Waals surface area contributed by atoms with E-state index in [-0.39, 0.29) is 0 Å². The van der Waals surface area contributed by atoms with Crippen LogP contribution in [-0.2, 0) is 0 Å². The third kappa shape index (κ3) is 0.634. The average molecular weight is 128 g/mol. The molecule has 0 unspecified atom stereocenters. The Morgan fingerprint density at radius 3 is 1.56 bits per heavy atom. The number of hydrogen-bond acceptors (Lipinski definition) is 2. The second kappa shape index (κ2) is 1.70. The maximum atomic E-state index is 9.24. The van der Waals surface area contributed by atoms with Gasteiger partial charge in [0, 0.05) is 0 Å². The smallest absolute Gasteiger partial charge is 0.0830 e. The summed E-state index contributed by atoms with van der Waals surface area (Å²) in [5.74, 6) is 0.843. The van der Waals surface area contributed by atoms with Crippen molar-refractivity contribution >= 4 is 0 Å². The standard InChI is InChI=1S/C7H12O2/c8-6-4-1-2-5(3-4)7(6)9/h4-9H,1-3H2/t4-,5-,6-,7-/m1/s1. The number of hydrogen-bond donors (Lipinski definition) is 2. The Hall–Kier alpha value is -0.0800. The van der Waals surface area contributed by atoms with Crippen molar-refractivity contribution in [2.75, 3.05) is 0 Å². The van der Waals surface area contributed by atoms with E-state index in [2.05, 4.69) is 0 Å². The first kappa shape index (κ1) is 5.69. The summed E-state index contributed by atoms with van der Waals surface area (Å²) in [6.07, 6.45) is 2.51. The fourth-order valence-corrected chi connectivity index (χ4v) is 2.23. The van der Waals surface area contributed by atoms with E-state index in [1.165, 1.54) is 0 Å². The summed E-state index contributed by atoms with van der Waals surface area (Å²) < 4.78 is 0. The molecule has 2 heteroatoms. The highest BCUT2D eigenvalue weighted by molar-refractivity contribution is 4.96. The largest absolute Gasteiger partial charge is 0.390 e. The molecule has 4 atom stereocenters.